The minimum atomic E-state index is -1.09. The standard InChI is InChI=1S/C20H18Cl2N2O5/c1-9(24-18(26)16-10-2-3-11(6-10)17(16)19(24)27)20(28)29-8-15(25)23-12-4-5-13(21)14(22)7-12/h2-5,7,9-11,16-17H,6,8H2,1H3,(H,23,25)/t9-,10+,11+,16-,17+/m1/s1. The molecule has 0 aromatic heterocycles. The molecule has 1 aromatic rings. The number of hydrogen-bond donors (Lipinski definition) is 1. The topological polar surface area (TPSA) is 92.8 Å². The van der Waals surface area contributed by atoms with Crippen LogP contribution < -0.4 is 5.32 Å². The van der Waals surface area contributed by atoms with Gasteiger partial charge < -0.3 is 10.1 Å². The molecule has 2 bridgehead atoms. The lowest BCUT2D eigenvalue weighted by Gasteiger charge is -2.23. The Hall–Kier alpha value is -2.38. The molecule has 1 N–H and O–H groups in total. The van der Waals surface area contributed by atoms with Gasteiger partial charge in [0.25, 0.3) is 5.91 Å². The molecule has 29 heavy (non-hydrogen) atoms. The molecule has 4 rings (SSSR count). The number of amides is 3. The quantitative estimate of drug-likeness (QED) is 0.435. The minimum absolute atomic E-state index is 0.0617. The molecule has 0 radical (unpaired) electrons. The van der Waals surface area contributed by atoms with Crippen LogP contribution in [0.15, 0.2) is 30.4 Å². The lowest BCUT2D eigenvalue weighted by atomic mass is 9.85. The Morgan fingerprint density at radius 2 is 1.76 bits per heavy atom. The summed E-state index contributed by atoms with van der Waals surface area (Å²) in [7, 11) is 0. The van der Waals surface area contributed by atoms with Crippen molar-refractivity contribution in [3.63, 3.8) is 0 Å². The highest BCUT2D eigenvalue weighted by Gasteiger charge is 2.60. The molecule has 152 valence electrons. The van der Waals surface area contributed by atoms with Gasteiger partial charge in [0, 0.05) is 5.69 Å². The molecule has 1 saturated heterocycles. The van der Waals surface area contributed by atoms with E-state index in [1.807, 2.05) is 12.2 Å². The van der Waals surface area contributed by atoms with Gasteiger partial charge in [-0.15, -0.1) is 0 Å². The van der Waals surface area contributed by atoms with E-state index in [4.69, 9.17) is 27.9 Å². The van der Waals surface area contributed by atoms with E-state index in [9.17, 15) is 19.2 Å². The fourth-order valence-electron chi connectivity index (χ4n) is 4.44. The number of likely N-dealkylation sites (tertiary alicyclic amines) is 1. The van der Waals surface area contributed by atoms with Gasteiger partial charge in [-0.1, -0.05) is 35.4 Å². The van der Waals surface area contributed by atoms with E-state index in [1.54, 1.807) is 6.07 Å². The molecule has 1 saturated carbocycles. The molecule has 0 unspecified atom stereocenters. The predicted octanol–water partition coefficient (Wildman–Crippen LogP) is 2.67. The van der Waals surface area contributed by atoms with Crippen molar-refractivity contribution in [3.8, 4) is 0 Å². The van der Waals surface area contributed by atoms with Crippen LogP contribution in [0.3, 0.4) is 0 Å². The average Bonchev–Trinajstić information content (AvgIpc) is 3.36. The van der Waals surface area contributed by atoms with Crippen molar-refractivity contribution in [2.75, 3.05) is 11.9 Å². The molecule has 3 amide bonds. The number of allylic oxidation sites excluding steroid dienone is 2. The van der Waals surface area contributed by atoms with Gasteiger partial charge in [-0.25, -0.2) is 4.79 Å². The van der Waals surface area contributed by atoms with Crippen LogP contribution in [0.5, 0.6) is 0 Å². The molecular formula is C20H18Cl2N2O5. The first kappa shape index (κ1) is 19.9. The number of rotatable bonds is 5. The zero-order valence-corrected chi connectivity index (χ0v) is 16.9. The van der Waals surface area contributed by atoms with Crippen LogP contribution in [0, 0.1) is 23.7 Å². The van der Waals surface area contributed by atoms with Gasteiger partial charge in [-0.05, 0) is 43.4 Å². The average molecular weight is 437 g/mol. The number of nitrogens with one attached hydrogen (secondary N) is 1. The number of hydrogen-bond acceptors (Lipinski definition) is 5. The lowest BCUT2D eigenvalue weighted by molar-refractivity contribution is -0.159. The molecule has 1 heterocycles. The first-order chi connectivity index (χ1) is 13.8. The summed E-state index contributed by atoms with van der Waals surface area (Å²) in [6.07, 6.45) is 4.78. The van der Waals surface area contributed by atoms with Crippen LogP contribution in [-0.2, 0) is 23.9 Å². The van der Waals surface area contributed by atoms with Gasteiger partial charge in [0.2, 0.25) is 11.8 Å². The number of fused-ring (bicyclic) bond motifs is 5. The van der Waals surface area contributed by atoms with Crippen LogP contribution >= 0.6 is 23.2 Å². The second kappa shape index (κ2) is 7.46. The molecule has 7 nitrogen and oxygen atoms in total. The smallest absolute Gasteiger partial charge is 0.329 e. The number of benzene rings is 1. The van der Waals surface area contributed by atoms with E-state index in [1.165, 1.54) is 19.1 Å². The van der Waals surface area contributed by atoms with Gasteiger partial charge in [-0.2, -0.15) is 0 Å². The molecule has 2 fully saturated rings. The second-order valence-corrected chi connectivity index (χ2v) is 8.32. The van der Waals surface area contributed by atoms with E-state index in [2.05, 4.69) is 5.32 Å². The third-order valence-corrected chi connectivity index (χ3v) is 6.52. The number of nitrogens with zero attached hydrogens (tertiary/aromatic N) is 1. The molecule has 9 heteroatoms. The number of esters is 1. The van der Waals surface area contributed by atoms with Gasteiger partial charge >= 0.3 is 5.97 Å². The van der Waals surface area contributed by atoms with E-state index in [0.717, 1.165) is 11.3 Å². The van der Waals surface area contributed by atoms with Gasteiger partial charge in [-0.3, -0.25) is 19.3 Å². The van der Waals surface area contributed by atoms with Crippen molar-refractivity contribution in [2.45, 2.75) is 19.4 Å². The summed E-state index contributed by atoms with van der Waals surface area (Å²) in [6, 6.07) is 3.46. The summed E-state index contributed by atoms with van der Waals surface area (Å²) < 4.78 is 5.02. The first-order valence-corrected chi connectivity index (χ1v) is 10.0. The third-order valence-electron chi connectivity index (χ3n) is 5.78. The van der Waals surface area contributed by atoms with Gasteiger partial charge in [0.1, 0.15) is 6.04 Å². The van der Waals surface area contributed by atoms with Crippen molar-refractivity contribution in [1.82, 2.24) is 4.90 Å². The number of carbonyl (C=O) groups is 4. The monoisotopic (exact) mass is 436 g/mol. The molecule has 1 aromatic carbocycles. The first-order valence-electron chi connectivity index (χ1n) is 9.24. The number of imide groups is 1. The van der Waals surface area contributed by atoms with Crippen LogP contribution in [0.4, 0.5) is 5.69 Å². The van der Waals surface area contributed by atoms with E-state index in [0.29, 0.717) is 10.7 Å². The number of ether oxygens (including phenoxy) is 1. The maximum atomic E-state index is 12.7. The third kappa shape index (κ3) is 3.42. The molecular weight excluding hydrogens is 419 g/mol. The van der Waals surface area contributed by atoms with Crippen LogP contribution in [0.2, 0.25) is 10.0 Å². The van der Waals surface area contributed by atoms with Crippen molar-refractivity contribution in [1.29, 1.82) is 0 Å². The zero-order chi connectivity index (χ0) is 20.9. The maximum Gasteiger partial charge on any atom is 0.329 e. The minimum Gasteiger partial charge on any atom is -0.454 e. The fourth-order valence-corrected chi connectivity index (χ4v) is 4.74. The summed E-state index contributed by atoms with van der Waals surface area (Å²) >= 11 is 11.7. The van der Waals surface area contributed by atoms with Gasteiger partial charge in [0.05, 0.1) is 21.9 Å². The predicted molar refractivity (Wildman–Crippen MR) is 105 cm³/mol. The molecule has 5 atom stereocenters. The summed E-state index contributed by atoms with van der Waals surface area (Å²) in [4.78, 5) is 50.9. The summed E-state index contributed by atoms with van der Waals surface area (Å²) in [5.41, 5.74) is 0.397. The number of anilines is 1. The van der Waals surface area contributed by atoms with Crippen LogP contribution in [0.1, 0.15) is 13.3 Å². The van der Waals surface area contributed by atoms with E-state index in [-0.39, 0.29) is 40.5 Å². The molecule has 0 spiro atoms. The SMILES string of the molecule is C[C@H](C(=O)OCC(=O)Nc1ccc(Cl)c(Cl)c1)N1C(=O)[C@@H]2[C@H](C1=O)[C@H]1C=C[C@H]2C1. The Bertz CT molecular complexity index is 917. The molecule has 3 aliphatic rings. The van der Waals surface area contributed by atoms with Crippen LogP contribution in [0.25, 0.3) is 0 Å². The van der Waals surface area contributed by atoms with E-state index < -0.39 is 24.5 Å². The van der Waals surface area contributed by atoms with E-state index >= 15 is 0 Å². The summed E-state index contributed by atoms with van der Waals surface area (Å²) in [5.74, 6) is -2.70. The van der Waals surface area contributed by atoms with Crippen molar-refractivity contribution >= 4 is 52.6 Å². The normalized spacial score (nSPS) is 27.9. The highest BCUT2D eigenvalue weighted by atomic mass is 35.5. The largest absolute Gasteiger partial charge is 0.454 e. The van der Waals surface area contributed by atoms with Gasteiger partial charge in [0.15, 0.2) is 6.61 Å². The fraction of sp³-hybridized carbons (Fsp3) is 0.400. The Labute approximate surface area is 177 Å². The summed E-state index contributed by atoms with van der Waals surface area (Å²) in [5, 5.41) is 3.15. The van der Waals surface area contributed by atoms with Crippen molar-refractivity contribution < 1.29 is 23.9 Å². The molecule has 1 aliphatic heterocycles. The maximum absolute atomic E-state index is 12.7. The Morgan fingerprint density at radius 3 is 2.34 bits per heavy atom. The highest BCUT2D eigenvalue weighted by Crippen LogP contribution is 2.52. The second-order valence-electron chi connectivity index (χ2n) is 7.51. The Kier molecular flexibility index (Phi) is 5.12. The zero-order valence-electron chi connectivity index (χ0n) is 15.4. The number of halogens is 2. The van der Waals surface area contributed by atoms with Crippen molar-refractivity contribution in [2.24, 2.45) is 23.7 Å². The summed E-state index contributed by atoms with van der Waals surface area (Å²) in [6.45, 7) is 0.880. The highest BCUT2D eigenvalue weighted by molar-refractivity contribution is 6.42. The Balaban J connectivity index is 1.34. The number of carbonyl (C=O) groups excluding carboxylic acids is 4. The van der Waals surface area contributed by atoms with Crippen LogP contribution in [-0.4, -0.2) is 41.2 Å². The lowest BCUT2D eigenvalue weighted by Crippen LogP contribution is -2.45. The molecule has 2 aliphatic carbocycles. The van der Waals surface area contributed by atoms with Crippen molar-refractivity contribution in [3.05, 3.63) is 40.4 Å². The Morgan fingerprint density at radius 1 is 1.14 bits per heavy atom.